The number of benzene rings is 1. The average molecular weight is 414 g/mol. The number of halogens is 1. The number of unbranched alkanes of at least 4 members (excludes halogenated alkanes) is 5. The van der Waals surface area contributed by atoms with Gasteiger partial charge in [-0.1, -0.05) is 51.2 Å². The van der Waals surface area contributed by atoms with Gasteiger partial charge in [-0.15, -0.1) is 24.0 Å². The van der Waals surface area contributed by atoms with Gasteiger partial charge in [-0.3, -0.25) is 0 Å². The SMILES string of the molecule is CCCCCCCCNC(N)=NCc1ccc(C#N)cc1.I. The van der Waals surface area contributed by atoms with Crippen LogP contribution in [0.3, 0.4) is 0 Å². The van der Waals surface area contributed by atoms with Crippen molar-refractivity contribution in [3.63, 3.8) is 0 Å². The average Bonchev–Trinajstić information content (AvgIpc) is 2.52. The van der Waals surface area contributed by atoms with Crippen LogP contribution in [0.1, 0.15) is 56.6 Å². The summed E-state index contributed by atoms with van der Waals surface area (Å²) in [6.07, 6.45) is 7.64. The summed E-state index contributed by atoms with van der Waals surface area (Å²) in [4.78, 5) is 4.30. The van der Waals surface area contributed by atoms with Gasteiger partial charge in [0.1, 0.15) is 0 Å². The number of nitrogens with one attached hydrogen (secondary N) is 1. The van der Waals surface area contributed by atoms with Gasteiger partial charge in [0.15, 0.2) is 5.96 Å². The van der Waals surface area contributed by atoms with E-state index in [2.05, 4.69) is 23.3 Å². The van der Waals surface area contributed by atoms with E-state index in [1.165, 1.54) is 32.1 Å². The van der Waals surface area contributed by atoms with E-state index in [4.69, 9.17) is 11.0 Å². The molecule has 0 saturated heterocycles. The van der Waals surface area contributed by atoms with Crippen LogP contribution in [0.2, 0.25) is 0 Å². The second-order valence-corrected chi connectivity index (χ2v) is 5.20. The number of hydrogen-bond acceptors (Lipinski definition) is 2. The topological polar surface area (TPSA) is 74.2 Å². The van der Waals surface area contributed by atoms with E-state index < -0.39 is 0 Å². The van der Waals surface area contributed by atoms with E-state index in [0.29, 0.717) is 18.1 Å². The Hall–Kier alpha value is -1.29. The minimum Gasteiger partial charge on any atom is -0.370 e. The quantitative estimate of drug-likeness (QED) is 0.278. The lowest BCUT2D eigenvalue weighted by Gasteiger charge is -2.05. The molecular weight excluding hydrogens is 387 g/mol. The normalized spacial score (nSPS) is 10.6. The van der Waals surface area contributed by atoms with Crippen LogP contribution in [-0.4, -0.2) is 12.5 Å². The molecule has 4 nitrogen and oxygen atoms in total. The fourth-order valence-corrected chi connectivity index (χ4v) is 2.04. The van der Waals surface area contributed by atoms with Gasteiger partial charge in [0.25, 0.3) is 0 Å². The van der Waals surface area contributed by atoms with Crippen molar-refractivity contribution in [3.8, 4) is 6.07 Å². The van der Waals surface area contributed by atoms with Crippen molar-refractivity contribution in [3.05, 3.63) is 35.4 Å². The number of aliphatic imine (C=N–C) groups is 1. The van der Waals surface area contributed by atoms with E-state index in [1.54, 1.807) is 12.1 Å². The molecule has 5 heteroatoms. The van der Waals surface area contributed by atoms with Crippen LogP contribution in [0.4, 0.5) is 0 Å². The first-order valence-electron chi connectivity index (χ1n) is 7.79. The molecular formula is C17H27IN4. The molecule has 0 radical (unpaired) electrons. The maximum absolute atomic E-state index is 8.73. The molecule has 0 unspecified atom stereocenters. The van der Waals surface area contributed by atoms with Crippen molar-refractivity contribution < 1.29 is 0 Å². The van der Waals surface area contributed by atoms with Crippen LogP contribution in [0.25, 0.3) is 0 Å². The van der Waals surface area contributed by atoms with Crippen LogP contribution >= 0.6 is 24.0 Å². The van der Waals surface area contributed by atoms with Crippen molar-refractivity contribution >= 4 is 29.9 Å². The monoisotopic (exact) mass is 414 g/mol. The van der Waals surface area contributed by atoms with Crippen molar-refractivity contribution in [1.82, 2.24) is 5.32 Å². The zero-order chi connectivity index (χ0) is 15.3. The van der Waals surface area contributed by atoms with Gasteiger partial charge < -0.3 is 11.1 Å². The first-order chi connectivity index (χ1) is 10.3. The molecule has 0 atom stereocenters. The number of nitrogens with zero attached hydrogens (tertiary/aromatic N) is 2. The number of hydrogen-bond donors (Lipinski definition) is 2. The molecule has 0 spiro atoms. The molecule has 1 rings (SSSR count). The van der Waals surface area contributed by atoms with Gasteiger partial charge in [-0.2, -0.15) is 5.26 Å². The van der Waals surface area contributed by atoms with Crippen molar-refractivity contribution in [1.29, 1.82) is 5.26 Å². The molecule has 1 aromatic rings. The molecule has 0 saturated carbocycles. The largest absolute Gasteiger partial charge is 0.370 e. The Morgan fingerprint density at radius 3 is 2.41 bits per heavy atom. The second kappa shape index (κ2) is 13.4. The van der Waals surface area contributed by atoms with Crippen LogP contribution in [0.15, 0.2) is 29.3 Å². The second-order valence-electron chi connectivity index (χ2n) is 5.20. The fourth-order valence-electron chi connectivity index (χ4n) is 2.04. The number of rotatable bonds is 9. The van der Waals surface area contributed by atoms with Crippen molar-refractivity contribution in [2.24, 2.45) is 10.7 Å². The van der Waals surface area contributed by atoms with Gasteiger partial charge in [0.05, 0.1) is 18.2 Å². The summed E-state index contributed by atoms with van der Waals surface area (Å²) >= 11 is 0. The highest BCUT2D eigenvalue weighted by atomic mass is 127. The van der Waals surface area contributed by atoms with Crippen molar-refractivity contribution in [2.45, 2.75) is 52.0 Å². The first kappa shape index (κ1) is 20.7. The first-order valence-corrected chi connectivity index (χ1v) is 7.79. The van der Waals surface area contributed by atoms with E-state index in [0.717, 1.165) is 18.5 Å². The lowest BCUT2D eigenvalue weighted by atomic mass is 10.1. The third-order valence-corrected chi connectivity index (χ3v) is 3.35. The lowest BCUT2D eigenvalue weighted by molar-refractivity contribution is 0.601. The Bertz CT molecular complexity index is 463. The maximum Gasteiger partial charge on any atom is 0.188 e. The molecule has 122 valence electrons. The van der Waals surface area contributed by atoms with Gasteiger partial charge in [-0.25, -0.2) is 4.99 Å². The van der Waals surface area contributed by atoms with Gasteiger partial charge >= 0.3 is 0 Å². The number of guanidine groups is 1. The van der Waals surface area contributed by atoms with E-state index in [-0.39, 0.29) is 24.0 Å². The zero-order valence-electron chi connectivity index (χ0n) is 13.3. The van der Waals surface area contributed by atoms with Crippen LogP contribution in [0, 0.1) is 11.3 Å². The summed E-state index contributed by atoms with van der Waals surface area (Å²) in [5.41, 5.74) is 7.54. The molecule has 0 fully saturated rings. The molecule has 0 bridgehead atoms. The summed E-state index contributed by atoms with van der Waals surface area (Å²) in [5.74, 6) is 0.493. The smallest absolute Gasteiger partial charge is 0.188 e. The minimum absolute atomic E-state index is 0. The van der Waals surface area contributed by atoms with Gasteiger partial charge in [-0.05, 0) is 24.1 Å². The Kier molecular flexibility index (Phi) is 12.6. The van der Waals surface area contributed by atoms with Crippen molar-refractivity contribution in [2.75, 3.05) is 6.54 Å². The van der Waals surface area contributed by atoms with E-state index >= 15 is 0 Å². The zero-order valence-corrected chi connectivity index (χ0v) is 15.7. The molecule has 0 heterocycles. The predicted molar refractivity (Wildman–Crippen MR) is 103 cm³/mol. The Morgan fingerprint density at radius 1 is 1.14 bits per heavy atom. The molecule has 0 amide bonds. The number of nitriles is 1. The summed E-state index contributed by atoms with van der Waals surface area (Å²) < 4.78 is 0. The molecule has 22 heavy (non-hydrogen) atoms. The fraction of sp³-hybridized carbons (Fsp3) is 0.529. The summed E-state index contributed by atoms with van der Waals surface area (Å²) in [5, 5.41) is 11.9. The summed E-state index contributed by atoms with van der Waals surface area (Å²) in [6, 6.07) is 9.50. The van der Waals surface area contributed by atoms with Crippen LogP contribution in [-0.2, 0) is 6.54 Å². The minimum atomic E-state index is 0. The number of nitrogens with two attached hydrogens (primary N) is 1. The molecule has 0 aliphatic rings. The highest BCUT2D eigenvalue weighted by molar-refractivity contribution is 14.0. The standard InChI is InChI=1S/C17H26N4.HI/c1-2-3-4-5-6-7-12-20-17(19)21-14-16-10-8-15(13-18)9-11-16;/h8-11H,2-7,12,14H2,1H3,(H3,19,20,21);1H. The van der Waals surface area contributed by atoms with Gasteiger partial charge in [0.2, 0.25) is 0 Å². The predicted octanol–water partition coefficient (Wildman–Crippen LogP) is 3.94. The maximum atomic E-state index is 8.73. The third kappa shape index (κ3) is 9.61. The van der Waals surface area contributed by atoms with Gasteiger partial charge in [0, 0.05) is 6.54 Å². The Morgan fingerprint density at radius 2 is 1.77 bits per heavy atom. The molecule has 1 aromatic carbocycles. The van der Waals surface area contributed by atoms with E-state index in [9.17, 15) is 0 Å². The Labute approximate surface area is 151 Å². The van der Waals surface area contributed by atoms with E-state index in [1.807, 2.05) is 12.1 Å². The Balaban J connectivity index is 0.00000441. The summed E-state index contributed by atoms with van der Waals surface area (Å²) in [6.45, 7) is 3.66. The summed E-state index contributed by atoms with van der Waals surface area (Å²) in [7, 11) is 0. The lowest BCUT2D eigenvalue weighted by Crippen LogP contribution is -2.32. The highest BCUT2D eigenvalue weighted by Gasteiger charge is 1.95. The highest BCUT2D eigenvalue weighted by Crippen LogP contribution is 2.05. The third-order valence-electron chi connectivity index (χ3n) is 3.35. The molecule has 0 aliphatic carbocycles. The van der Waals surface area contributed by atoms with Crippen LogP contribution < -0.4 is 11.1 Å². The molecule has 0 aliphatic heterocycles. The van der Waals surface area contributed by atoms with Crippen LogP contribution in [0.5, 0.6) is 0 Å². The molecule has 3 N–H and O–H groups in total. The molecule has 0 aromatic heterocycles.